The zero-order chi connectivity index (χ0) is 15.0. The van der Waals surface area contributed by atoms with E-state index in [1.807, 2.05) is 13.8 Å². The summed E-state index contributed by atoms with van der Waals surface area (Å²) in [6.07, 6.45) is 1.16. The van der Waals surface area contributed by atoms with Crippen LogP contribution in [0, 0.1) is 20.8 Å². The summed E-state index contributed by atoms with van der Waals surface area (Å²) in [7, 11) is 1.76. The summed E-state index contributed by atoms with van der Waals surface area (Å²) in [6, 6.07) is 0.223. The molecule has 3 rings (SSSR count). The van der Waals surface area contributed by atoms with Crippen LogP contribution in [0.2, 0.25) is 0 Å². The first-order valence-electron chi connectivity index (χ1n) is 7.24. The zero-order valence-electron chi connectivity index (χ0n) is 13.0. The first-order chi connectivity index (χ1) is 10.1. The molecule has 3 heterocycles. The average Bonchev–Trinajstić information content (AvgIpc) is 3.12. The molecule has 0 saturated carbocycles. The van der Waals surface area contributed by atoms with Gasteiger partial charge < -0.3 is 9.72 Å². The van der Waals surface area contributed by atoms with E-state index in [1.54, 1.807) is 7.11 Å². The Balaban J connectivity index is 1.81. The van der Waals surface area contributed by atoms with Crippen LogP contribution < -0.4 is 0 Å². The fraction of sp³-hybridized carbons (Fsp3) is 0.643. The van der Waals surface area contributed by atoms with Gasteiger partial charge in [0.05, 0.1) is 24.4 Å². The van der Waals surface area contributed by atoms with Gasteiger partial charge in [0.2, 0.25) is 0 Å². The maximum atomic E-state index is 5.54. The van der Waals surface area contributed by atoms with Crippen molar-refractivity contribution in [2.24, 2.45) is 0 Å². The van der Waals surface area contributed by atoms with E-state index in [-0.39, 0.29) is 12.1 Å². The lowest BCUT2D eigenvalue weighted by Gasteiger charge is -2.20. The second-order valence-corrected chi connectivity index (χ2v) is 5.71. The molecule has 2 atom stereocenters. The monoisotopic (exact) mass is 290 g/mol. The number of aromatic nitrogens is 5. The number of hydrogen-bond acceptors (Lipinski definition) is 5. The Morgan fingerprint density at radius 3 is 2.67 bits per heavy atom. The highest BCUT2D eigenvalue weighted by Gasteiger charge is 2.35. The van der Waals surface area contributed by atoms with Gasteiger partial charge in [-0.2, -0.15) is 5.10 Å². The molecule has 1 saturated heterocycles. The maximum Gasteiger partial charge on any atom is 0.164 e. The fourth-order valence-corrected chi connectivity index (χ4v) is 2.87. The zero-order valence-corrected chi connectivity index (χ0v) is 13.0. The standard InChI is InChI=1S/C14H22N6O/c1-8-9(2)16-14(15-8)12-5-11(21-4)6-20(12)7-13-17-10(3)18-19-13/h11-12H,5-7H2,1-4H3,(H,15,16)(H,17,18,19)/t11-,12+/m1/s1. The Morgan fingerprint density at radius 1 is 1.29 bits per heavy atom. The van der Waals surface area contributed by atoms with Gasteiger partial charge >= 0.3 is 0 Å². The summed E-state index contributed by atoms with van der Waals surface area (Å²) >= 11 is 0. The maximum absolute atomic E-state index is 5.54. The summed E-state index contributed by atoms with van der Waals surface area (Å²) in [5.41, 5.74) is 2.18. The van der Waals surface area contributed by atoms with Gasteiger partial charge in [-0.15, -0.1) is 0 Å². The number of hydrogen-bond donors (Lipinski definition) is 2. The van der Waals surface area contributed by atoms with Gasteiger partial charge in [-0.05, 0) is 27.2 Å². The molecule has 7 nitrogen and oxygen atoms in total. The molecule has 114 valence electrons. The molecule has 2 aromatic rings. The molecular formula is C14H22N6O. The van der Waals surface area contributed by atoms with Crippen LogP contribution in [-0.4, -0.2) is 49.8 Å². The quantitative estimate of drug-likeness (QED) is 0.889. The molecule has 21 heavy (non-hydrogen) atoms. The van der Waals surface area contributed by atoms with Gasteiger partial charge in [-0.25, -0.2) is 9.97 Å². The van der Waals surface area contributed by atoms with E-state index in [0.29, 0.717) is 6.54 Å². The molecule has 1 fully saturated rings. The molecule has 2 aromatic heterocycles. The molecule has 7 heteroatoms. The number of likely N-dealkylation sites (tertiary alicyclic amines) is 1. The first kappa shape index (κ1) is 14.2. The van der Waals surface area contributed by atoms with Crippen molar-refractivity contribution < 1.29 is 4.74 Å². The van der Waals surface area contributed by atoms with E-state index >= 15 is 0 Å². The van der Waals surface area contributed by atoms with E-state index in [2.05, 4.69) is 37.0 Å². The van der Waals surface area contributed by atoms with Gasteiger partial charge in [-0.1, -0.05) is 0 Å². The van der Waals surface area contributed by atoms with Gasteiger partial charge in [-0.3, -0.25) is 10.00 Å². The molecule has 0 spiro atoms. The summed E-state index contributed by atoms with van der Waals surface area (Å²) in [4.78, 5) is 14.8. The molecule has 0 amide bonds. The third-order valence-corrected chi connectivity index (χ3v) is 4.15. The number of nitrogens with one attached hydrogen (secondary N) is 2. The number of nitrogens with zero attached hydrogens (tertiary/aromatic N) is 4. The van der Waals surface area contributed by atoms with Crippen LogP contribution in [0.1, 0.15) is 41.3 Å². The molecule has 0 unspecified atom stereocenters. The van der Waals surface area contributed by atoms with E-state index in [1.165, 1.54) is 0 Å². The van der Waals surface area contributed by atoms with Crippen LogP contribution in [0.3, 0.4) is 0 Å². The predicted molar refractivity (Wildman–Crippen MR) is 77.7 cm³/mol. The van der Waals surface area contributed by atoms with Crippen molar-refractivity contribution in [3.63, 3.8) is 0 Å². The Morgan fingerprint density at radius 2 is 2.10 bits per heavy atom. The first-order valence-corrected chi connectivity index (χ1v) is 7.24. The number of rotatable bonds is 4. The van der Waals surface area contributed by atoms with Crippen LogP contribution in [-0.2, 0) is 11.3 Å². The highest BCUT2D eigenvalue weighted by Crippen LogP contribution is 2.33. The second kappa shape index (κ2) is 5.57. The summed E-state index contributed by atoms with van der Waals surface area (Å²) in [5.74, 6) is 2.67. The van der Waals surface area contributed by atoms with E-state index in [4.69, 9.17) is 4.74 Å². The third-order valence-electron chi connectivity index (χ3n) is 4.15. The number of ether oxygens (including phenoxy) is 1. The van der Waals surface area contributed by atoms with Crippen LogP contribution in [0.5, 0.6) is 0 Å². The fourth-order valence-electron chi connectivity index (χ4n) is 2.87. The van der Waals surface area contributed by atoms with Gasteiger partial charge in [0.25, 0.3) is 0 Å². The number of methoxy groups -OCH3 is 1. The Labute approximate surface area is 124 Å². The highest BCUT2D eigenvalue weighted by molar-refractivity contribution is 5.14. The summed E-state index contributed by atoms with van der Waals surface area (Å²) in [5, 5.41) is 7.12. The minimum absolute atomic E-state index is 0.223. The number of aryl methyl sites for hydroxylation is 3. The largest absolute Gasteiger partial charge is 0.380 e. The van der Waals surface area contributed by atoms with Crippen molar-refractivity contribution in [1.82, 2.24) is 30.0 Å². The van der Waals surface area contributed by atoms with Gasteiger partial charge in [0.15, 0.2) is 5.82 Å². The van der Waals surface area contributed by atoms with Crippen LogP contribution in [0.4, 0.5) is 0 Å². The molecule has 0 aliphatic carbocycles. The van der Waals surface area contributed by atoms with Crippen molar-refractivity contribution in [2.45, 2.75) is 45.9 Å². The Bertz CT molecular complexity index is 599. The molecule has 1 aliphatic rings. The number of imidazole rings is 1. The van der Waals surface area contributed by atoms with Crippen molar-refractivity contribution in [3.05, 3.63) is 28.9 Å². The molecule has 1 aliphatic heterocycles. The summed E-state index contributed by atoms with van der Waals surface area (Å²) in [6.45, 7) is 7.56. The average molecular weight is 290 g/mol. The minimum Gasteiger partial charge on any atom is -0.380 e. The lowest BCUT2D eigenvalue weighted by Crippen LogP contribution is -2.26. The van der Waals surface area contributed by atoms with Crippen molar-refractivity contribution in [2.75, 3.05) is 13.7 Å². The third kappa shape index (κ3) is 2.84. The topological polar surface area (TPSA) is 82.7 Å². The van der Waals surface area contributed by atoms with Crippen molar-refractivity contribution in [3.8, 4) is 0 Å². The molecule has 0 bridgehead atoms. The highest BCUT2D eigenvalue weighted by atomic mass is 16.5. The van der Waals surface area contributed by atoms with Crippen molar-refractivity contribution in [1.29, 1.82) is 0 Å². The molecular weight excluding hydrogens is 268 g/mol. The Hall–Kier alpha value is -1.73. The van der Waals surface area contributed by atoms with Crippen molar-refractivity contribution >= 4 is 0 Å². The SMILES string of the molecule is CO[C@@H]1C[C@@H](c2nc(C)c(C)[nH]2)N(Cc2n[nH]c(C)n2)C1. The predicted octanol–water partition coefficient (Wildman–Crippen LogP) is 1.42. The lowest BCUT2D eigenvalue weighted by atomic mass is 10.2. The second-order valence-electron chi connectivity index (χ2n) is 5.71. The summed E-state index contributed by atoms with van der Waals surface area (Å²) < 4.78 is 5.54. The normalized spacial score (nSPS) is 23.0. The number of H-pyrrole nitrogens is 2. The number of aromatic amines is 2. The van der Waals surface area contributed by atoms with Crippen LogP contribution >= 0.6 is 0 Å². The van der Waals surface area contributed by atoms with E-state index < -0.39 is 0 Å². The molecule has 0 radical (unpaired) electrons. The van der Waals surface area contributed by atoms with Gasteiger partial charge in [0, 0.05) is 19.3 Å². The molecule has 0 aromatic carbocycles. The smallest absolute Gasteiger partial charge is 0.164 e. The Kier molecular flexibility index (Phi) is 3.77. The van der Waals surface area contributed by atoms with Gasteiger partial charge in [0.1, 0.15) is 11.6 Å². The van der Waals surface area contributed by atoms with E-state index in [0.717, 1.165) is 41.8 Å². The van der Waals surface area contributed by atoms with Crippen LogP contribution in [0.15, 0.2) is 0 Å². The minimum atomic E-state index is 0.223. The molecule has 2 N–H and O–H groups in total. The lowest BCUT2D eigenvalue weighted by molar-refractivity contribution is 0.107. The van der Waals surface area contributed by atoms with E-state index in [9.17, 15) is 0 Å². The van der Waals surface area contributed by atoms with Crippen LogP contribution in [0.25, 0.3) is 0 Å².